The zero-order valence-corrected chi connectivity index (χ0v) is 16.0. The second kappa shape index (κ2) is 6.93. The largest absolute Gasteiger partial charge is 0.398 e. The Kier molecular flexibility index (Phi) is 4.46. The quantitative estimate of drug-likeness (QED) is 0.701. The van der Waals surface area contributed by atoms with Crippen LogP contribution in [-0.2, 0) is 4.79 Å². The summed E-state index contributed by atoms with van der Waals surface area (Å²) in [5, 5.41) is 18.8. The number of anilines is 2. The third kappa shape index (κ3) is 3.30. The number of amides is 1. The number of halogens is 3. The van der Waals surface area contributed by atoms with Gasteiger partial charge in [0.15, 0.2) is 5.82 Å². The lowest BCUT2D eigenvalue weighted by Crippen LogP contribution is -2.44. The van der Waals surface area contributed by atoms with E-state index in [1.165, 1.54) is 0 Å². The van der Waals surface area contributed by atoms with Crippen molar-refractivity contribution in [3.63, 3.8) is 0 Å². The molecule has 1 saturated heterocycles. The van der Waals surface area contributed by atoms with Crippen LogP contribution in [0.25, 0.3) is 0 Å². The molecule has 0 spiro atoms. The van der Waals surface area contributed by atoms with Gasteiger partial charge >= 0.3 is 6.18 Å². The van der Waals surface area contributed by atoms with E-state index in [0.29, 0.717) is 37.5 Å². The second-order valence-electron chi connectivity index (χ2n) is 8.19. The van der Waals surface area contributed by atoms with Gasteiger partial charge in [-0.2, -0.15) is 18.3 Å². The Hall–Kier alpha value is -2.69. The number of H-pyrrole nitrogens is 1. The number of aliphatic hydroxyl groups excluding tert-OH is 1. The minimum Gasteiger partial charge on any atom is -0.382 e. The number of nitrogens with one attached hydrogen (secondary N) is 2. The van der Waals surface area contributed by atoms with Gasteiger partial charge in [0, 0.05) is 36.2 Å². The smallest absolute Gasteiger partial charge is 0.382 e. The Balaban J connectivity index is 1.34. The molecular formula is C19H21F3N6O2. The van der Waals surface area contributed by atoms with E-state index >= 15 is 0 Å². The van der Waals surface area contributed by atoms with Crippen molar-refractivity contribution in [1.82, 2.24) is 20.2 Å². The first-order valence-electron chi connectivity index (χ1n) is 10.0. The number of hydrogen-bond acceptors (Lipinski definition) is 6. The van der Waals surface area contributed by atoms with Crippen LogP contribution in [0.3, 0.4) is 0 Å². The molecule has 3 aliphatic rings. The molecule has 2 aromatic rings. The number of alkyl halides is 3. The van der Waals surface area contributed by atoms with Crippen molar-refractivity contribution >= 4 is 17.4 Å². The minimum atomic E-state index is -4.76. The maximum absolute atomic E-state index is 13.6. The van der Waals surface area contributed by atoms with Crippen molar-refractivity contribution in [2.45, 2.75) is 55.7 Å². The predicted molar refractivity (Wildman–Crippen MR) is 100 cm³/mol. The molecular weight excluding hydrogens is 401 g/mol. The Labute approximate surface area is 169 Å². The summed E-state index contributed by atoms with van der Waals surface area (Å²) in [6.45, 7) is 1.27. The zero-order valence-electron chi connectivity index (χ0n) is 16.0. The number of carbonyl (C=O) groups excluding carboxylic acids is 1. The molecule has 0 bridgehead atoms. The van der Waals surface area contributed by atoms with E-state index in [9.17, 15) is 23.1 Å². The fraction of sp³-hybridized carbons (Fsp3) is 0.579. The van der Waals surface area contributed by atoms with Gasteiger partial charge in [0.1, 0.15) is 17.8 Å². The third-order valence-corrected chi connectivity index (χ3v) is 6.19. The maximum atomic E-state index is 13.6. The fourth-order valence-corrected chi connectivity index (χ4v) is 4.40. The number of rotatable bonds is 3. The van der Waals surface area contributed by atoms with Gasteiger partial charge in [-0.25, -0.2) is 9.97 Å². The van der Waals surface area contributed by atoms with Gasteiger partial charge in [-0.15, -0.1) is 0 Å². The molecule has 4 heterocycles. The van der Waals surface area contributed by atoms with E-state index in [1.807, 2.05) is 12.4 Å². The molecule has 2 fully saturated rings. The molecule has 2 aliphatic heterocycles. The van der Waals surface area contributed by atoms with Crippen LogP contribution >= 0.6 is 0 Å². The summed E-state index contributed by atoms with van der Waals surface area (Å²) in [4.78, 5) is 22.7. The van der Waals surface area contributed by atoms with Gasteiger partial charge in [0.2, 0.25) is 0 Å². The van der Waals surface area contributed by atoms with Gasteiger partial charge in [-0.1, -0.05) is 0 Å². The highest BCUT2D eigenvalue weighted by Gasteiger charge is 2.53. The molecule has 2 aromatic heterocycles. The molecule has 160 valence electrons. The molecule has 0 unspecified atom stereocenters. The highest BCUT2D eigenvalue weighted by Crippen LogP contribution is 2.47. The molecule has 1 amide bonds. The number of aromatic nitrogens is 4. The molecule has 0 aromatic carbocycles. The first-order chi connectivity index (χ1) is 14.3. The Morgan fingerprint density at radius 3 is 2.33 bits per heavy atom. The summed E-state index contributed by atoms with van der Waals surface area (Å²) in [7, 11) is 0. The van der Waals surface area contributed by atoms with Gasteiger partial charge in [0.05, 0.1) is 18.1 Å². The molecule has 5 rings (SSSR count). The van der Waals surface area contributed by atoms with Crippen LogP contribution in [0.1, 0.15) is 60.5 Å². The molecule has 1 saturated carbocycles. The van der Waals surface area contributed by atoms with Crippen LogP contribution in [0.5, 0.6) is 0 Å². The van der Waals surface area contributed by atoms with Gasteiger partial charge < -0.3 is 15.3 Å². The van der Waals surface area contributed by atoms with Gasteiger partial charge in [-0.05, 0) is 25.7 Å². The van der Waals surface area contributed by atoms with Crippen LogP contribution in [0.2, 0.25) is 0 Å². The van der Waals surface area contributed by atoms with Crippen LogP contribution in [0.4, 0.5) is 24.7 Å². The summed E-state index contributed by atoms with van der Waals surface area (Å²) >= 11 is 0. The second-order valence-corrected chi connectivity index (χ2v) is 8.19. The van der Waals surface area contributed by atoms with Crippen molar-refractivity contribution in [3.05, 3.63) is 29.5 Å². The van der Waals surface area contributed by atoms with E-state index in [0.717, 1.165) is 24.4 Å². The molecule has 11 heteroatoms. The first kappa shape index (κ1) is 19.3. The standard InChI is InChI=1S/C19H21F3N6O2/c20-19(21,22)13-12-14(26-27-17(12)25-18(30)15(13)29)9-3-5-28(6-4-9)11-7-23-16(24-8-11)10-1-2-10/h7-10,13,15,29H,1-6H2,(H2,25,26,27,30)/t13-,15-/m0/s1. The van der Waals surface area contributed by atoms with E-state index in [-0.39, 0.29) is 17.3 Å². The number of hydrogen-bond donors (Lipinski definition) is 3. The topological polar surface area (TPSA) is 107 Å². The van der Waals surface area contributed by atoms with Crippen LogP contribution in [-0.4, -0.2) is 56.5 Å². The summed E-state index contributed by atoms with van der Waals surface area (Å²) in [5.41, 5.74) is 1.09. The highest BCUT2D eigenvalue weighted by atomic mass is 19.4. The zero-order chi connectivity index (χ0) is 21.0. The van der Waals surface area contributed by atoms with Crippen molar-refractivity contribution < 1.29 is 23.1 Å². The van der Waals surface area contributed by atoms with Crippen LogP contribution in [0.15, 0.2) is 12.4 Å². The predicted octanol–water partition coefficient (Wildman–Crippen LogP) is 2.42. The number of nitrogens with zero attached hydrogens (tertiary/aromatic N) is 4. The third-order valence-electron chi connectivity index (χ3n) is 6.19. The summed E-state index contributed by atoms with van der Waals surface area (Å²) < 4.78 is 40.9. The van der Waals surface area contributed by atoms with E-state index in [4.69, 9.17) is 0 Å². The molecule has 3 N–H and O–H groups in total. The molecule has 2 atom stereocenters. The Bertz CT molecular complexity index is 948. The summed E-state index contributed by atoms with van der Waals surface area (Å²) in [5.74, 6) is -2.35. The lowest BCUT2D eigenvalue weighted by atomic mass is 9.83. The van der Waals surface area contributed by atoms with Crippen molar-refractivity contribution in [1.29, 1.82) is 0 Å². The fourth-order valence-electron chi connectivity index (χ4n) is 4.40. The van der Waals surface area contributed by atoms with E-state index in [1.54, 1.807) is 0 Å². The summed E-state index contributed by atoms with van der Waals surface area (Å²) in [6.07, 6.45) is 0.152. The van der Waals surface area contributed by atoms with E-state index < -0.39 is 24.1 Å². The lowest BCUT2D eigenvalue weighted by molar-refractivity contribution is -0.177. The Morgan fingerprint density at radius 1 is 1.07 bits per heavy atom. The van der Waals surface area contributed by atoms with E-state index in [2.05, 4.69) is 30.4 Å². The highest BCUT2D eigenvalue weighted by molar-refractivity contribution is 5.97. The number of carbonyl (C=O) groups is 1. The van der Waals surface area contributed by atoms with Crippen LogP contribution in [0, 0.1) is 0 Å². The number of piperidine rings is 1. The molecule has 8 nitrogen and oxygen atoms in total. The summed E-state index contributed by atoms with van der Waals surface area (Å²) in [6, 6.07) is 0. The number of aromatic amines is 1. The van der Waals surface area contributed by atoms with Crippen molar-refractivity contribution in [3.8, 4) is 0 Å². The average molecular weight is 422 g/mol. The minimum absolute atomic E-state index is 0.144. The van der Waals surface area contributed by atoms with Gasteiger partial charge in [0.25, 0.3) is 5.91 Å². The van der Waals surface area contributed by atoms with Crippen LogP contribution < -0.4 is 10.2 Å². The number of fused-ring (bicyclic) bond motifs is 1. The Morgan fingerprint density at radius 2 is 1.73 bits per heavy atom. The monoisotopic (exact) mass is 422 g/mol. The van der Waals surface area contributed by atoms with Crippen molar-refractivity contribution in [2.75, 3.05) is 23.3 Å². The molecule has 0 radical (unpaired) electrons. The number of aliphatic hydroxyl groups is 1. The maximum Gasteiger partial charge on any atom is 0.398 e. The molecule has 1 aliphatic carbocycles. The SMILES string of the molecule is O=C1Nc2n[nH]c(C3CCN(c4cnc(C5CC5)nc4)CC3)c2[C@H](C(F)(F)F)[C@@H]1O. The lowest BCUT2D eigenvalue weighted by Gasteiger charge is -2.35. The normalized spacial score (nSPS) is 25.2. The average Bonchev–Trinajstić information content (AvgIpc) is 3.49. The van der Waals surface area contributed by atoms with Gasteiger partial charge in [-0.3, -0.25) is 9.89 Å². The first-order valence-corrected chi connectivity index (χ1v) is 10.0. The molecule has 30 heavy (non-hydrogen) atoms. The van der Waals surface area contributed by atoms with Crippen molar-refractivity contribution in [2.24, 2.45) is 0 Å².